The summed E-state index contributed by atoms with van der Waals surface area (Å²) in [4.78, 5) is 0. The number of allylic oxidation sites excluding steroid dienone is 3. The predicted molar refractivity (Wildman–Crippen MR) is 82.4 cm³/mol. The largest absolute Gasteiger partial charge is 0.0801 e. The van der Waals surface area contributed by atoms with Crippen LogP contribution in [0.5, 0.6) is 0 Å². The molecule has 0 fully saturated rings. The molecule has 0 amide bonds. The Labute approximate surface area is 108 Å². The first-order valence-corrected chi connectivity index (χ1v) is 6.88. The molecule has 0 saturated heterocycles. The maximum Gasteiger partial charge on any atom is -0.00884 e. The molecule has 0 aromatic heterocycles. The van der Waals surface area contributed by atoms with Crippen LogP contribution in [0, 0.1) is 0 Å². The van der Waals surface area contributed by atoms with Crippen LogP contribution in [0.2, 0.25) is 0 Å². The quantitative estimate of drug-likeness (QED) is 0.523. The molecule has 0 unspecified atom stereocenters. The van der Waals surface area contributed by atoms with Gasteiger partial charge in [-0.15, -0.1) is 0 Å². The summed E-state index contributed by atoms with van der Waals surface area (Å²) in [5.41, 5.74) is 2.76. The Morgan fingerprint density at radius 2 is 1.35 bits per heavy atom. The molecule has 0 heterocycles. The summed E-state index contributed by atoms with van der Waals surface area (Å²) in [5.74, 6) is 0. The van der Waals surface area contributed by atoms with Gasteiger partial charge >= 0.3 is 0 Å². The molecular weight excluding hydrogens is 204 g/mol. The van der Waals surface area contributed by atoms with Crippen LogP contribution in [-0.4, -0.2) is 0 Å². The van der Waals surface area contributed by atoms with Crippen LogP contribution in [0.25, 0.3) is 6.08 Å². The Morgan fingerprint density at radius 3 is 2.00 bits per heavy atom. The van der Waals surface area contributed by atoms with Gasteiger partial charge in [-0.05, 0) is 17.5 Å². The highest BCUT2D eigenvalue weighted by Crippen LogP contribution is 2.14. The summed E-state index contributed by atoms with van der Waals surface area (Å²) in [6.07, 6.45) is 9.58. The predicted octanol–water partition coefficient (Wildman–Crippen LogP) is 5.89. The van der Waals surface area contributed by atoms with E-state index < -0.39 is 0 Å². The monoisotopic (exact) mass is 232 g/mol. The first kappa shape index (κ1) is 18.1. The summed E-state index contributed by atoms with van der Waals surface area (Å²) < 4.78 is 0. The lowest BCUT2D eigenvalue weighted by atomic mass is 10.1. The Morgan fingerprint density at radius 1 is 0.765 bits per heavy atom. The lowest BCUT2D eigenvalue weighted by Gasteiger charge is -1.99. The number of fused-ring (bicyclic) bond motifs is 1. The molecule has 0 radical (unpaired) electrons. The van der Waals surface area contributed by atoms with Crippen molar-refractivity contribution in [2.24, 2.45) is 0 Å². The van der Waals surface area contributed by atoms with E-state index in [0.717, 1.165) is 6.42 Å². The van der Waals surface area contributed by atoms with E-state index in [-0.39, 0.29) is 0 Å². The van der Waals surface area contributed by atoms with Gasteiger partial charge in [0.2, 0.25) is 0 Å². The Hall–Kier alpha value is -1.30. The van der Waals surface area contributed by atoms with Crippen LogP contribution in [0.1, 0.15) is 52.7 Å². The molecule has 0 nitrogen and oxygen atoms in total. The topological polar surface area (TPSA) is 0 Å². The van der Waals surface area contributed by atoms with Gasteiger partial charge in [-0.3, -0.25) is 0 Å². The summed E-state index contributed by atoms with van der Waals surface area (Å²) in [6, 6.07) is 8.49. The van der Waals surface area contributed by atoms with Crippen LogP contribution in [-0.2, 0) is 6.42 Å². The van der Waals surface area contributed by atoms with Crippen LogP contribution < -0.4 is 0 Å². The molecular formula is C17H28. The van der Waals surface area contributed by atoms with E-state index in [1.807, 2.05) is 41.5 Å². The fraction of sp³-hybridized carbons (Fsp3) is 0.412. The zero-order chi connectivity index (χ0) is 13.5. The molecule has 0 N–H and O–H groups in total. The van der Waals surface area contributed by atoms with Crippen LogP contribution >= 0.6 is 0 Å². The van der Waals surface area contributed by atoms with Gasteiger partial charge in [-0.2, -0.15) is 0 Å². The standard InChI is InChI=1S/C11H10.3C2H6/c1-2-6-10-8-4-5-9-11(10)7-3-1;3*1-2/h1-6,8-9H,7H2;3*1-2H3. The van der Waals surface area contributed by atoms with Crippen molar-refractivity contribution in [3.63, 3.8) is 0 Å². The molecule has 96 valence electrons. The molecule has 0 saturated carbocycles. The zero-order valence-electron chi connectivity index (χ0n) is 12.3. The van der Waals surface area contributed by atoms with E-state index >= 15 is 0 Å². The van der Waals surface area contributed by atoms with Crippen molar-refractivity contribution in [3.05, 3.63) is 53.6 Å². The van der Waals surface area contributed by atoms with E-state index in [1.165, 1.54) is 11.1 Å². The van der Waals surface area contributed by atoms with Gasteiger partial charge in [0.1, 0.15) is 0 Å². The highest BCUT2D eigenvalue weighted by atomic mass is 14.0. The summed E-state index contributed by atoms with van der Waals surface area (Å²) in [7, 11) is 0. The van der Waals surface area contributed by atoms with E-state index in [9.17, 15) is 0 Å². The van der Waals surface area contributed by atoms with E-state index in [4.69, 9.17) is 0 Å². The molecule has 17 heavy (non-hydrogen) atoms. The normalized spacial score (nSPS) is 10.2. The molecule has 0 spiro atoms. The number of hydrogen-bond acceptors (Lipinski definition) is 0. The highest BCUT2D eigenvalue weighted by Gasteiger charge is 1.96. The average Bonchev–Trinajstić information content (AvgIpc) is 2.70. The smallest absolute Gasteiger partial charge is 0.00884 e. The molecule has 1 aliphatic rings. The molecule has 0 aliphatic heterocycles. The van der Waals surface area contributed by atoms with Gasteiger partial charge in [0, 0.05) is 0 Å². The van der Waals surface area contributed by atoms with Crippen molar-refractivity contribution in [1.82, 2.24) is 0 Å². The van der Waals surface area contributed by atoms with Crippen molar-refractivity contribution in [1.29, 1.82) is 0 Å². The van der Waals surface area contributed by atoms with Crippen molar-refractivity contribution in [3.8, 4) is 0 Å². The highest BCUT2D eigenvalue weighted by molar-refractivity contribution is 5.57. The zero-order valence-corrected chi connectivity index (χ0v) is 12.3. The Kier molecular flexibility index (Phi) is 15.6. The summed E-state index contributed by atoms with van der Waals surface area (Å²) >= 11 is 0. The van der Waals surface area contributed by atoms with Crippen molar-refractivity contribution in [2.75, 3.05) is 0 Å². The second-order valence-electron chi connectivity index (χ2n) is 2.69. The van der Waals surface area contributed by atoms with Gasteiger partial charge < -0.3 is 0 Å². The van der Waals surface area contributed by atoms with E-state index in [0.29, 0.717) is 0 Å². The van der Waals surface area contributed by atoms with Crippen molar-refractivity contribution < 1.29 is 0 Å². The first-order chi connectivity index (χ1) is 8.47. The molecule has 2 rings (SSSR count). The Bertz CT molecular complexity index is 306. The van der Waals surface area contributed by atoms with Gasteiger partial charge in [0.25, 0.3) is 0 Å². The van der Waals surface area contributed by atoms with Gasteiger partial charge in [-0.25, -0.2) is 0 Å². The van der Waals surface area contributed by atoms with Gasteiger partial charge in [0.15, 0.2) is 0 Å². The molecule has 0 heteroatoms. The second kappa shape index (κ2) is 14.7. The minimum absolute atomic E-state index is 1.06. The Balaban J connectivity index is 0. The third kappa shape index (κ3) is 7.57. The minimum atomic E-state index is 1.06. The SMILES string of the molecule is C1=CCc2ccccc2C=C1.CC.CC.CC. The number of rotatable bonds is 0. The lowest BCUT2D eigenvalue weighted by Crippen LogP contribution is -1.83. The van der Waals surface area contributed by atoms with Crippen molar-refractivity contribution >= 4 is 6.08 Å². The average molecular weight is 232 g/mol. The van der Waals surface area contributed by atoms with Gasteiger partial charge in [0.05, 0.1) is 0 Å². The molecule has 0 bridgehead atoms. The summed E-state index contributed by atoms with van der Waals surface area (Å²) in [5, 5.41) is 0. The number of hydrogen-bond donors (Lipinski definition) is 0. The first-order valence-electron chi connectivity index (χ1n) is 6.88. The molecule has 1 aliphatic carbocycles. The van der Waals surface area contributed by atoms with E-state index in [1.54, 1.807) is 0 Å². The minimum Gasteiger partial charge on any atom is -0.0801 e. The second-order valence-corrected chi connectivity index (χ2v) is 2.69. The fourth-order valence-corrected chi connectivity index (χ4v) is 1.32. The summed E-state index contributed by atoms with van der Waals surface area (Å²) in [6.45, 7) is 12.0. The van der Waals surface area contributed by atoms with Crippen molar-refractivity contribution in [2.45, 2.75) is 48.0 Å². The molecule has 1 aromatic rings. The van der Waals surface area contributed by atoms with Gasteiger partial charge in [-0.1, -0.05) is 90.1 Å². The maximum atomic E-state index is 2.18. The third-order valence-electron chi connectivity index (χ3n) is 1.92. The lowest BCUT2D eigenvalue weighted by molar-refractivity contribution is 1.27. The maximum absolute atomic E-state index is 2.18. The molecule has 0 atom stereocenters. The van der Waals surface area contributed by atoms with Crippen LogP contribution in [0.15, 0.2) is 42.5 Å². The number of benzene rings is 1. The van der Waals surface area contributed by atoms with Crippen LogP contribution in [0.3, 0.4) is 0 Å². The third-order valence-corrected chi connectivity index (χ3v) is 1.92. The molecule has 1 aromatic carbocycles. The van der Waals surface area contributed by atoms with E-state index in [2.05, 4.69) is 48.6 Å². The van der Waals surface area contributed by atoms with Crippen LogP contribution in [0.4, 0.5) is 0 Å². The fourth-order valence-electron chi connectivity index (χ4n) is 1.32.